The van der Waals surface area contributed by atoms with Crippen LogP contribution >= 0.6 is 11.3 Å². The standard InChI is InChI=1S/C17H19N3OS/c1-3-12-7-5-6-8-13(12)18-17(21)19-16-11-15-14(9-10-22-15)20(16)4-2/h5-11H,3-4H2,1-2H3,(H2,18,19,21). The zero-order chi connectivity index (χ0) is 15.5. The molecule has 0 saturated heterocycles. The Morgan fingerprint density at radius 2 is 2.00 bits per heavy atom. The van der Waals surface area contributed by atoms with Crippen molar-refractivity contribution in [2.75, 3.05) is 10.6 Å². The fourth-order valence-corrected chi connectivity index (χ4v) is 3.46. The number of carbonyl (C=O) groups is 1. The number of rotatable bonds is 4. The number of para-hydroxylation sites is 1. The maximum atomic E-state index is 12.3. The quantitative estimate of drug-likeness (QED) is 0.705. The first-order valence-electron chi connectivity index (χ1n) is 7.45. The maximum absolute atomic E-state index is 12.3. The molecule has 2 aromatic heterocycles. The van der Waals surface area contributed by atoms with Crippen molar-refractivity contribution >= 4 is 39.1 Å². The van der Waals surface area contributed by atoms with Crippen molar-refractivity contribution in [1.82, 2.24) is 4.57 Å². The second kappa shape index (κ2) is 6.23. The van der Waals surface area contributed by atoms with Crippen LogP contribution in [0.1, 0.15) is 19.4 Å². The number of anilines is 2. The monoisotopic (exact) mass is 313 g/mol. The number of aromatic nitrogens is 1. The number of nitrogens with zero attached hydrogens (tertiary/aromatic N) is 1. The average molecular weight is 313 g/mol. The van der Waals surface area contributed by atoms with E-state index < -0.39 is 0 Å². The number of hydrogen-bond acceptors (Lipinski definition) is 2. The molecule has 0 unspecified atom stereocenters. The van der Waals surface area contributed by atoms with Crippen molar-refractivity contribution in [2.45, 2.75) is 26.8 Å². The van der Waals surface area contributed by atoms with E-state index in [-0.39, 0.29) is 6.03 Å². The summed E-state index contributed by atoms with van der Waals surface area (Å²) in [5.74, 6) is 0.829. The number of nitrogens with one attached hydrogen (secondary N) is 2. The Bertz CT molecular complexity index is 803. The smallest absolute Gasteiger partial charge is 0.324 e. The van der Waals surface area contributed by atoms with E-state index in [1.807, 2.05) is 30.3 Å². The van der Waals surface area contributed by atoms with Gasteiger partial charge in [0, 0.05) is 12.2 Å². The minimum atomic E-state index is -0.208. The van der Waals surface area contributed by atoms with E-state index in [1.54, 1.807) is 11.3 Å². The van der Waals surface area contributed by atoms with Crippen molar-refractivity contribution in [1.29, 1.82) is 0 Å². The second-order valence-corrected chi connectivity index (χ2v) is 5.98. The predicted octanol–water partition coefficient (Wildman–Crippen LogP) is 4.93. The van der Waals surface area contributed by atoms with E-state index in [9.17, 15) is 4.79 Å². The van der Waals surface area contributed by atoms with E-state index in [0.717, 1.165) is 35.6 Å². The third kappa shape index (κ3) is 2.72. The van der Waals surface area contributed by atoms with E-state index in [2.05, 4.69) is 40.5 Å². The van der Waals surface area contributed by atoms with Gasteiger partial charge in [-0.15, -0.1) is 11.3 Å². The van der Waals surface area contributed by atoms with E-state index >= 15 is 0 Å². The van der Waals surface area contributed by atoms with Crippen LogP contribution in [0.25, 0.3) is 10.2 Å². The Balaban J connectivity index is 1.79. The van der Waals surface area contributed by atoms with Gasteiger partial charge in [0.1, 0.15) is 5.82 Å². The van der Waals surface area contributed by atoms with Crippen LogP contribution in [0.2, 0.25) is 0 Å². The molecule has 114 valence electrons. The molecular formula is C17H19N3OS. The van der Waals surface area contributed by atoms with Crippen molar-refractivity contribution in [3.05, 3.63) is 47.3 Å². The van der Waals surface area contributed by atoms with Gasteiger partial charge in [-0.3, -0.25) is 5.32 Å². The first-order chi connectivity index (χ1) is 10.7. The van der Waals surface area contributed by atoms with Gasteiger partial charge in [0.15, 0.2) is 0 Å². The lowest BCUT2D eigenvalue weighted by atomic mass is 10.1. The SMILES string of the molecule is CCc1ccccc1NC(=O)Nc1cc2sccc2n1CC. The van der Waals surface area contributed by atoms with Crippen LogP contribution in [-0.2, 0) is 13.0 Å². The number of aryl methyl sites for hydroxylation is 2. The van der Waals surface area contributed by atoms with E-state index in [4.69, 9.17) is 0 Å². The number of carbonyl (C=O) groups excluding carboxylic acids is 1. The molecule has 1 aromatic carbocycles. The molecule has 3 rings (SSSR count). The zero-order valence-corrected chi connectivity index (χ0v) is 13.5. The summed E-state index contributed by atoms with van der Waals surface area (Å²) in [7, 11) is 0. The van der Waals surface area contributed by atoms with Crippen LogP contribution in [0.4, 0.5) is 16.3 Å². The van der Waals surface area contributed by atoms with E-state index in [0.29, 0.717) is 0 Å². The zero-order valence-electron chi connectivity index (χ0n) is 12.7. The third-order valence-corrected chi connectivity index (χ3v) is 4.58. The fraction of sp³-hybridized carbons (Fsp3) is 0.235. The highest BCUT2D eigenvalue weighted by atomic mass is 32.1. The van der Waals surface area contributed by atoms with Gasteiger partial charge in [0.2, 0.25) is 0 Å². The molecule has 0 spiro atoms. The molecule has 0 atom stereocenters. The average Bonchev–Trinajstić information content (AvgIpc) is 3.08. The predicted molar refractivity (Wildman–Crippen MR) is 94.0 cm³/mol. The van der Waals surface area contributed by atoms with Gasteiger partial charge in [0.25, 0.3) is 0 Å². The number of fused-ring (bicyclic) bond motifs is 1. The molecule has 2 N–H and O–H groups in total. The summed E-state index contributed by atoms with van der Waals surface area (Å²) >= 11 is 1.68. The highest BCUT2D eigenvalue weighted by Crippen LogP contribution is 2.28. The molecule has 0 fully saturated rings. The molecule has 0 aliphatic heterocycles. The molecule has 3 aromatic rings. The Morgan fingerprint density at radius 1 is 1.18 bits per heavy atom. The summed E-state index contributed by atoms with van der Waals surface area (Å²) in [5, 5.41) is 7.96. The van der Waals surface area contributed by atoms with Crippen LogP contribution in [-0.4, -0.2) is 10.6 Å². The number of urea groups is 1. The number of benzene rings is 1. The number of thiophene rings is 1. The van der Waals surface area contributed by atoms with Gasteiger partial charge in [-0.2, -0.15) is 0 Å². The topological polar surface area (TPSA) is 46.1 Å². The molecule has 0 bridgehead atoms. The first-order valence-corrected chi connectivity index (χ1v) is 8.33. The molecule has 0 aliphatic rings. The summed E-state index contributed by atoms with van der Waals surface area (Å²) in [5.41, 5.74) is 3.15. The molecule has 2 heterocycles. The summed E-state index contributed by atoms with van der Waals surface area (Å²) in [6, 6.07) is 11.8. The molecule has 0 aliphatic carbocycles. The van der Waals surface area contributed by atoms with Crippen LogP contribution in [0.15, 0.2) is 41.8 Å². The highest BCUT2D eigenvalue weighted by molar-refractivity contribution is 7.17. The Hall–Kier alpha value is -2.27. The van der Waals surface area contributed by atoms with Gasteiger partial charge < -0.3 is 9.88 Å². The summed E-state index contributed by atoms with van der Waals surface area (Å²) < 4.78 is 3.29. The lowest BCUT2D eigenvalue weighted by molar-refractivity contribution is 0.262. The molecule has 2 amide bonds. The highest BCUT2D eigenvalue weighted by Gasteiger charge is 2.12. The molecule has 4 nitrogen and oxygen atoms in total. The summed E-state index contributed by atoms with van der Waals surface area (Å²) in [6.45, 7) is 4.97. The summed E-state index contributed by atoms with van der Waals surface area (Å²) in [6.07, 6.45) is 0.886. The Kier molecular flexibility index (Phi) is 4.15. The third-order valence-electron chi connectivity index (χ3n) is 3.73. The Morgan fingerprint density at radius 3 is 2.77 bits per heavy atom. The largest absolute Gasteiger partial charge is 0.327 e. The molecule has 5 heteroatoms. The van der Waals surface area contributed by atoms with Crippen molar-refractivity contribution in [2.24, 2.45) is 0 Å². The normalized spacial score (nSPS) is 10.8. The van der Waals surface area contributed by atoms with Crippen molar-refractivity contribution in [3.8, 4) is 0 Å². The minimum absolute atomic E-state index is 0.208. The van der Waals surface area contributed by atoms with Gasteiger partial charge >= 0.3 is 6.03 Å². The number of amides is 2. The van der Waals surface area contributed by atoms with Gasteiger partial charge in [0.05, 0.1) is 10.2 Å². The van der Waals surface area contributed by atoms with Crippen molar-refractivity contribution in [3.63, 3.8) is 0 Å². The van der Waals surface area contributed by atoms with Gasteiger partial charge in [-0.05, 0) is 42.5 Å². The van der Waals surface area contributed by atoms with Gasteiger partial charge in [-0.1, -0.05) is 25.1 Å². The summed E-state index contributed by atoms with van der Waals surface area (Å²) in [4.78, 5) is 12.3. The maximum Gasteiger partial charge on any atom is 0.324 e. The van der Waals surface area contributed by atoms with Crippen molar-refractivity contribution < 1.29 is 4.79 Å². The van der Waals surface area contributed by atoms with Crippen LogP contribution in [0, 0.1) is 0 Å². The molecule has 0 radical (unpaired) electrons. The molecule has 22 heavy (non-hydrogen) atoms. The van der Waals surface area contributed by atoms with Crippen LogP contribution in [0.5, 0.6) is 0 Å². The van der Waals surface area contributed by atoms with Crippen LogP contribution < -0.4 is 10.6 Å². The number of hydrogen-bond donors (Lipinski definition) is 2. The lowest BCUT2D eigenvalue weighted by Gasteiger charge is -2.12. The van der Waals surface area contributed by atoms with Crippen LogP contribution in [0.3, 0.4) is 0 Å². The molecular weight excluding hydrogens is 294 g/mol. The second-order valence-electron chi connectivity index (χ2n) is 5.03. The first kappa shape index (κ1) is 14.7. The van der Waals surface area contributed by atoms with Gasteiger partial charge in [-0.25, -0.2) is 4.79 Å². The lowest BCUT2D eigenvalue weighted by Crippen LogP contribution is -2.21. The Labute approximate surface area is 133 Å². The molecule has 0 saturated carbocycles. The fourth-order valence-electron chi connectivity index (χ4n) is 2.64. The minimum Gasteiger partial charge on any atom is -0.327 e. The van der Waals surface area contributed by atoms with E-state index in [1.165, 1.54) is 4.70 Å².